The summed E-state index contributed by atoms with van der Waals surface area (Å²) in [6.45, 7) is 2.89. The van der Waals surface area contributed by atoms with E-state index >= 15 is 0 Å². The minimum Gasteiger partial charge on any atom is -0.457 e. The van der Waals surface area contributed by atoms with E-state index in [-0.39, 0.29) is 11.8 Å². The molecule has 1 atom stereocenters. The molecule has 9 nitrogen and oxygen atoms in total. The van der Waals surface area contributed by atoms with Crippen LogP contribution < -0.4 is 4.74 Å². The molecule has 9 heteroatoms. The van der Waals surface area contributed by atoms with Gasteiger partial charge in [0.1, 0.15) is 23.6 Å². The number of likely N-dealkylation sites (tertiary alicyclic amines) is 1. The molecule has 43 heavy (non-hydrogen) atoms. The van der Waals surface area contributed by atoms with Gasteiger partial charge < -0.3 is 14.2 Å². The summed E-state index contributed by atoms with van der Waals surface area (Å²) in [5.74, 6) is 3.41. The Balaban J connectivity index is 1.19. The number of rotatable bonds is 8. The molecule has 1 aliphatic rings. The fraction of sp³-hybridized carbons (Fsp3) is 0.147. The van der Waals surface area contributed by atoms with Crippen molar-refractivity contribution in [2.24, 2.45) is 0 Å². The predicted octanol–water partition coefficient (Wildman–Crippen LogP) is 6.60. The molecule has 1 amide bonds. The van der Waals surface area contributed by atoms with Crippen LogP contribution in [0.3, 0.4) is 0 Å². The summed E-state index contributed by atoms with van der Waals surface area (Å²) in [4.78, 5) is 28.3. The standard InChI is InChI=1S/C34H28N6O3/c1-23-36-34(43-38-23)25-12-14-29(15-13-25)42-31-18-26(30-8-5-9-32(37-30)39-17-16-35-22-39)10-11-27(31)20-40-21-28(19-33(40)41)24-6-3-2-4-7-24/h2-18,22,28H,19-21H2,1H3. The first-order valence-corrected chi connectivity index (χ1v) is 14.1. The van der Waals surface area contributed by atoms with E-state index in [1.807, 2.05) is 94.5 Å². The number of carbonyl (C=O) groups is 1. The van der Waals surface area contributed by atoms with Gasteiger partial charge in [0.25, 0.3) is 5.89 Å². The zero-order valence-electron chi connectivity index (χ0n) is 23.5. The van der Waals surface area contributed by atoms with Crippen LogP contribution in [0.15, 0.2) is 114 Å². The summed E-state index contributed by atoms with van der Waals surface area (Å²) in [6.07, 6.45) is 5.81. The van der Waals surface area contributed by atoms with Crippen LogP contribution in [-0.2, 0) is 11.3 Å². The Morgan fingerprint density at radius 3 is 2.53 bits per heavy atom. The minimum absolute atomic E-state index is 0.137. The van der Waals surface area contributed by atoms with E-state index in [0.717, 1.165) is 28.2 Å². The first-order chi connectivity index (χ1) is 21.1. The third-order valence-corrected chi connectivity index (χ3v) is 7.57. The van der Waals surface area contributed by atoms with E-state index in [1.165, 1.54) is 5.56 Å². The average Bonchev–Trinajstić information content (AvgIpc) is 3.81. The summed E-state index contributed by atoms with van der Waals surface area (Å²) in [6, 6.07) is 29.6. The van der Waals surface area contributed by atoms with Gasteiger partial charge in [0, 0.05) is 54.5 Å². The van der Waals surface area contributed by atoms with Crippen LogP contribution in [0, 0.1) is 6.92 Å². The molecule has 6 aromatic rings. The molecular formula is C34H28N6O3. The normalized spacial score (nSPS) is 14.8. The van der Waals surface area contributed by atoms with Gasteiger partial charge in [0.2, 0.25) is 5.91 Å². The first kappa shape index (κ1) is 26.3. The number of amides is 1. The first-order valence-electron chi connectivity index (χ1n) is 14.1. The molecule has 1 fully saturated rings. The van der Waals surface area contributed by atoms with Crippen LogP contribution in [0.4, 0.5) is 0 Å². The topological polar surface area (TPSA) is 99.2 Å². The van der Waals surface area contributed by atoms with E-state index in [4.69, 9.17) is 14.2 Å². The molecule has 1 unspecified atom stereocenters. The predicted molar refractivity (Wildman–Crippen MR) is 161 cm³/mol. The molecule has 0 radical (unpaired) electrons. The molecule has 0 bridgehead atoms. The summed E-state index contributed by atoms with van der Waals surface area (Å²) >= 11 is 0. The molecule has 0 N–H and O–H groups in total. The van der Waals surface area contributed by atoms with Crippen molar-refractivity contribution in [1.82, 2.24) is 29.6 Å². The molecule has 0 aliphatic carbocycles. The lowest BCUT2D eigenvalue weighted by Crippen LogP contribution is -2.24. The number of pyridine rings is 1. The SMILES string of the molecule is Cc1noc(-c2ccc(Oc3cc(-c4cccc(-n5ccnc5)n4)ccc3CN3CC(c4ccccc4)CC3=O)cc2)n1. The number of nitrogens with zero attached hydrogens (tertiary/aromatic N) is 6. The Morgan fingerprint density at radius 2 is 1.77 bits per heavy atom. The Hall–Kier alpha value is -5.57. The molecule has 4 heterocycles. The second kappa shape index (κ2) is 11.4. The molecule has 3 aromatic carbocycles. The van der Waals surface area contributed by atoms with Gasteiger partial charge in [-0.15, -0.1) is 0 Å². The maximum atomic E-state index is 13.1. The Kier molecular flexibility index (Phi) is 6.96. The summed E-state index contributed by atoms with van der Waals surface area (Å²) in [7, 11) is 0. The Labute approximate surface area is 248 Å². The maximum Gasteiger partial charge on any atom is 0.257 e. The highest BCUT2D eigenvalue weighted by molar-refractivity contribution is 5.80. The molecule has 1 saturated heterocycles. The van der Waals surface area contributed by atoms with E-state index in [9.17, 15) is 4.79 Å². The molecule has 7 rings (SSSR count). The highest BCUT2D eigenvalue weighted by atomic mass is 16.5. The van der Waals surface area contributed by atoms with Crippen molar-refractivity contribution >= 4 is 5.91 Å². The Morgan fingerprint density at radius 1 is 0.930 bits per heavy atom. The van der Waals surface area contributed by atoms with Gasteiger partial charge in [-0.1, -0.05) is 53.7 Å². The fourth-order valence-electron chi connectivity index (χ4n) is 5.35. The van der Waals surface area contributed by atoms with Gasteiger partial charge in [0.15, 0.2) is 5.82 Å². The zero-order valence-corrected chi connectivity index (χ0v) is 23.5. The quantitative estimate of drug-likeness (QED) is 0.204. The van der Waals surface area contributed by atoms with Crippen molar-refractivity contribution in [3.05, 3.63) is 127 Å². The minimum atomic E-state index is 0.137. The third kappa shape index (κ3) is 5.65. The zero-order chi connectivity index (χ0) is 29.2. The van der Waals surface area contributed by atoms with Crippen molar-refractivity contribution in [3.63, 3.8) is 0 Å². The smallest absolute Gasteiger partial charge is 0.257 e. The van der Waals surface area contributed by atoms with Gasteiger partial charge in [-0.3, -0.25) is 9.36 Å². The van der Waals surface area contributed by atoms with Crippen molar-refractivity contribution in [2.75, 3.05) is 6.54 Å². The number of aromatic nitrogens is 5. The van der Waals surface area contributed by atoms with Crippen LogP contribution >= 0.6 is 0 Å². The van der Waals surface area contributed by atoms with Crippen LogP contribution in [0.25, 0.3) is 28.5 Å². The van der Waals surface area contributed by atoms with Crippen molar-refractivity contribution < 1.29 is 14.1 Å². The van der Waals surface area contributed by atoms with Crippen molar-refractivity contribution in [1.29, 1.82) is 0 Å². The van der Waals surface area contributed by atoms with Crippen LogP contribution in [0.1, 0.15) is 29.3 Å². The molecular weight excluding hydrogens is 540 g/mol. The molecule has 212 valence electrons. The average molecular weight is 569 g/mol. The highest BCUT2D eigenvalue weighted by Gasteiger charge is 2.31. The third-order valence-electron chi connectivity index (χ3n) is 7.57. The highest BCUT2D eigenvalue weighted by Crippen LogP contribution is 2.35. The van der Waals surface area contributed by atoms with Gasteiger partial charge in [-0.05, 0) is 55.0 Å². The van der Waals surface area contributed by atoms with Crippen LogP contribution in [0.2, 0.25) is 0 Å². The second-order valence-corrected chi connectivity index (χ2v) is 10.5. The van der Waals surface area contributed by atoms with E-state index in [1.54, 1.807) is 19.4 Å². The number of hydrogen-bond acceptors (Lipinski definition) is 7. The summed E-state index contributed by atoms with van der Waals surface area (Å²) in [5, 5.41) is 3.87. The largest absolute Gasteiger partial charge is 0.457 e. The van der Waals surface area contributed by atoms with Gasteiger partial charge in [-0.2, -0.15) is 4.98 Å². The van der Waals surface area contributed by atoms with E-state index < -0.39 is 0 Å². The monoisotopic (exact) mass is 568 g/mol. The number of imidazole rings is 1. The van der Waals surface area contributed by atoms with Gasteiger partial charge in [-0.25, -0.2) is 9.97 Å². The van der Waals surface area contributed by atoms with Gasteiger partial charge >= 0.3 is 0 Å². The lowest BCUT2D eigenvalue weighted by atomic mass is 9.98. The number of carbonyl (C=O) groups excluding carboxylic acids is 1. The number of aryl methyl sites for hydroxylation is 1. The number of hydrogen-bond donors (Lipinski definition) is 0. The lowest BCUT2D eigenvalue weighted by Gasteiger charge is -2.20. The number of benzene rings is 3. The molecule has 0 saturated carbocycles. The molecule has 0 spiro atoms. The number of ether oxygens (including phenoxy) is 1. The second-order valence-electron chi connectivity index (χ2n) is 10.5. The summed E-state index contributed by atoms with van der Waals surface area (Å²) in [5.41, 5.74) is 4.59. The lowest BCUT2D eigenvalue weighted by molar-refractivity contribution is -0.128. The van der Waals surface area contributed by atoms with E-state index in [0.29, 0.717) is 42.7 Å². The molecule has 3 aromatic heterocycles. The summed E-state index contributed by atoms with van der Waals surface area (Å²) < 4.78 is 13.6. The van der Waals surface area contributed by atoms with Gasteiger partial charge in [0.05, 0.1) is 5.69 Å². The van der Waals surface area contributed by atoms with Crippen molar-refractivity contribution in [3.8, 4) is 40.0 Å². The van der Waals surface area contributed by atoms with Crippen LogP contribution in [-0.4, -0.2) is 42.0 Å². The molecule has 1 aliphatic heterocycles. The maximum absolute atomic E-state index is 13.1. The fourth-order valence-corrected chi connectivity index (χ4v) is 5.35. The van der Waals surface area contributed by atoms with E-state index in [2.05, 4.69) is 27.3 Å². The Bertz CT molecular complexity index is 1870. The van der Waals surface area contributed by atoms with Crippen LogP contribution in [0.5, 0.6) is 11.5 Å². The van der Waals surface area contributed by atoms with Crippen molar-refractivity contribution in [2.45, 2.75) is 25.8 Å².